The first kappa shape index (κ1) is 40.2. The molecule has 10 unspecified atom stereocenters. The maximum Gasteiger partial charge on any atom is 0.275 e. The minimum absolute atomic E-state index is 0.0122. The van der Waals surface area contributed by atoms with Gasteiger partial charge in [-0.15, -0.1) is 0 Å². The van der Waals surface area contributed by atoms with E-state index in [1.165, 1.54) is 0 Å². The Hall–Kier alpha value is 0.169. The average Bonchev–Trinajstić information content (AvgIpc) is 2.70. The van der Waals surface area contributed by atoms with Gasteiger partial charge in [0.05, 0.1) is 6.10 Å². The van der Waals surface area contributed by atoms with Crippen molar-refractivity contribution in [1.82, 2.24) is 0 Å². The molecule has 0 bridgehead atoms. The lowest BCUT2D eigenvalue weighted by Crippen LogP contribution is -2.41. The zero-order valence-electron chi connectivity index (χ0n) is 27.4. The summed E-state index contributed by atoms with van der Waals surface area (Å²) in [6, 6.07) is 0.0122. The topological polar surface area (TPSA) is 111 Å². The van der Waals surface area contributed by atoms with Crippen molar-refractivity contribution in [3.8, 4) is 0 Å². The van der Waals surface area contributed by atoms with Crippen LogP contribution in [0.5, 0.6) is 0 Å². The summed E-state index contributed by atoms with van der Waals surface area (Å²) in [5.74, 6) is -0.147. The van der Waals surface area contributed by atoms with E-state index in [0.717, 1.165) is 0 Å². The molecule has 0 aliphatic rings. The highest BCUT2D eigenvalue weighted by molar-refractivity contribution is 6.35. The molecule has 0 N–H and O–H groups in total. The van der Waals surface area contributed by atoms with Crippen molar-refractivity contribution in [2.75, 3.05) is 0 Å². The van der Waals surface area contributed by atoms with E-state index in [2.05, 4.69) is 0 Å². The molecule has 0 aromatic rings. The Balaban J connectivity index is 4.95. The minimum Gasteiger partial charge on any atom is -0.367 e. The largest absolute Gasteiger partial charge is 0.367 e. The normalized spacial score (nSPS) is 20.0. The molecule has 22 heteroatoms. The van der Waals surface area contributed by atoms with Crippen LogP contribution in [0.4, 0.5) is 0 Å². The Morgan fingerprint density at radius 1 is 0.325 bits per heavy atom. The zero-order valence-corrected chi connectivity index (χ0v) is 27.4. The number of ether oxygens (including phenoxy) is 12. The highest BCUT2D eigenvalue weighted by Crippen LogP contribution is 2.14. The smallest absolute Gasteiger partial charge is 0.275 e. The number of hydrogen-bond acceptors (Lipinski definition) is 12. The molecule has 0 amide bonds. The molecule has 0 heterocycles. The summed E-state index contributed by atoms with van der Waals surface area (Å²) in [4.78, 5) is 0. The predicted octanol–water partition coefficient (Wildman–Crippen LogP) is -8.48. The molecule has 222 valence electrons. The van der Waals surface area contributed by atoms with E-state index in [-0.39, 0.29) is 23.9 Å². The molecular formula is C18H48B10O12. The summed E-state index contributed by atoms with van der Waals surface area (Å²) in [7, 11) is 18.2. The third kappa shape index (κ3) is 22.7. The second-order valence-corrected chi connectivity index (χ2v) is 10.4. The Kier molecular flexibility index (Phi) is 21.9. The van der Waals surface area contributed by atoms with Crippen molar-refractivity contribution in [3.63, 3.8) is 0 Å². The van der Waals surface area contributed by atoms with Crippen molar-refractivity contribution in [1.29, 1.82) is 0 Å². The van der Waals surface area contributed by atoms with E-state index >= 15 is 0 Å². The molecule has 40 heavy (non-hydrogen) atoms. The van der Waals surface area contributed by atoms with E-state index < -0.39 is 56.5 Å². The van der Waals surface area contributed by atoms with Gasteiger partial charge >= 0.3 is 0 Å². The van der Waals surface area contributed by atoms with Crippen molar-refractivity contribution in [2.45, 2.75) is 115 Å². The molecular weight excluding hydrogens is 516 g/mol. The monoisotopic (exact) mass is 566 g/mol. The summed E-state index contributed by atoms with van der Waals surface area (Å²) in [6.45, 7) is 6.99. The standard InChI is InChI=1S/C18H48B10O12/c1-6(2)29-17(37-14(26)34-9(5)33-13(25)32-8(4)31-10(20)21)39-16(28)40-18(35-11(22)23)38-15(27)36-12(24)30-7(3)19/h6-18H,19-28H2,1-5H3. The van der Waals surface area contributed by atoms with Crippen LogP contribution in [0.2, 0.25) is 0 Å². The second-order valence-electron chi connectivity index (χ2n) is 10.4. The van der Waals surface area contributed by atoms with Gasteiger partial charge in [0, 0.05) is 11.9 Å². The molecule has 12 nitrogen and oxygen atoms in total. The van der Waals surface area contributed by atoms with Gasteiger partial charge in [-0.2, -0.15) is 0 Å². The molecule has 0 aliphatic heterocycles. The van der Waals surface area contributed by atoms with Gasteiger partial charge in [0.15, 0.2) is 51.8 Å². The van der Waals surface area contributed by atoms with Crippen LogP contribution < -0.4 is 0 Å². The highest BCUT2D eigenvalue weighted by Gasteiger charge is 2.26. The van der Waals surface area contributed by atoms with Gasteiger partial charge in [-0.1, -0.05) is 0 Å². The van der Waals surface area contributed by atoms with E-state index in [0.29, 0.717) is 0 Å². The van der Waals surface area contributed by atoms with Crippen LogP contribution in [0.3, 0.4) is 0 Å². The molecule has 0 aromatic heterocycles. The van der Waals surface area contributed by atoms with Crippen LogP contribution in [0, 0.1) is 0 Å². The summed E-state index contributed by atoms with van der Waals surface area (Å²) in [5, 5.41) is 0. The van der Waals surface area contributed by atoms with Crippen LogP contribution in [0.1, 0.15) is 34.6 Å². The van der Waals surface area contributed by atoms with Crippen molar-refractivity contribution >= 4 is 78.5 Å². The summed E-state index contributed by atoms with van der Waals surface area (Å²) in [6.07, 6.45) is -4.59. The molecule has 0 saturated carbocycles. The van der Waals surface area contributed by atoms with Crippen molar-refractivity contribution in [2.24, 2.45) is 0 Å². The fourth-order valence-corrected chi connectivity index (χ4v) is 3.33. The van der Waals surface area contributed by atoms with Gasteiger partial charge < -0.3 is 56.8 Å². The van der Waals surface area contributed by atoms with Crippen LogP contribution in [-0.2, 0) is 56.8 Å². The first-order valence-electron chi connectivity index (χ1n) is 14.3. The van der Waals surface area contributed by atoms with E-state index in [1.54, 1.807) is 46.2 Å². The van der Waals surface area contributed by atoms with Gasteiger partial charge in [-0.25, -0.2) is 0 Å². The maximum atomic E-state index is 5.86. The fraction of sp³-hybridized carbons (Fsp3) is 1.00. The van der Waals surface area contributed by atoms with E-state index in [9.17, 15) is 0 Å². The van der Waals surface area contributed by atoms with Crippen LogP contribution in [-0.4, -0.2) is 159 Å². The lowest BCUT2D eigenvalue weighted by Gasteiger charge is -2.32. The molecule has 0 fully saturated rings. The molecule has 0 spiro atoms. The van der Waals surface area contributed by atoms with Gasteiger partial charge in [0.25, 0.3) is 13.0 Å². The van der Waals surface area contributed by atoms with Gasteiger partial charge in [-0.3, -0.25) is 0 Å². The van der Waals surface area contributed by atoms with Crippen molar-refractivity contribution < 1.29 is 56.8 Å². The van der Waals surface area contributed by atoms with Crippen molar-refractivity contribution in [3.05, 3.63) is 0 Å². The summed E-state index contributed by atoms with van der Waals surface area (Å²) in [5.41, 5.74) is 0. The van der Waals surface area contributed by atoms with Crippen LogP contribution in [0.15, 0.2) is 0 Å². The number of rotatable bonds is 24. The Morgan fingerprint density at radius 2 is 0.650 bits per heavy atom. The second kappa shape index (κ2) is 21.8. The molecule has 0 saturated heterocycles. The van der Waals surface area contributed by atoms with Gasteiger partial charge in [0.1, 0.15) is 70.2 Å². The molecule has 0 radical (unpaired) electrons. The van der Waals surface area contributed by atoms with Gasteiger partial charge in [0.2, 0.25) is 0 Å². The number of hydrogen-bond donors (Lipinski definition) is 0. The highest BCUT2D eigenvalue weighted by atomic mass is 17.0. The lowest BCUT2D eigenvalue weighted by molar-refractivity contribution is -0.406. The molecule has 0 aromatic carbocycles. The lowest BCUT2D eigenvalue weighted by atomic mass is 9.82. The first-order valence-corrected chi connectivity index (χ1v) is 14.3. The quantitative estimate of drug-likeness (QED) is 0.0820. The van der Waals surface area contributed by atoms with Crippen LogP contribution >= 0.6 is 0 Å². The third-order valence-electron chi connectivity index (χ3n) is 4.44. The average molecular weight is 565 g/mol. The SMILES string of the molecule is BC(B)OC(C)OC(B)OC(C)OC(B)OC(OC(C)C)OC(B)OC(OC(B)B)OC(B)OC(B)OC(B)C. The predicted molar refractivity (Wildman–Crippen MR) is 176 cm³/mol. The third-order valence-corrected chi connectivity index (χ3v) is 4.44. The first-order chi connectivity index (χ1) is 18.5. The minimum atomic E-state index is -1.11. The molecule has 0 rings (SSSR count). The Morgan fingerprint density at radius 3 is 1.05 bits per heavy atom. The maximum absolute atomic E-state index is 5.86. The Bertz CT molecular complexity index is 632. The van der Waals surface area contributed by atoms with Gasteiger partial charge in [-0.05, 0) is 40.5 Å². The Labute approximate surface area is 250 Å². The summed E-state index contributed by atoms with van der Waals surface area (Å²) >= 11 is 0. The fourth-order valence-electron chi connectivity index (χ4n) is 3.33. The molecule has 10 atom stereocenters. The van der Waals surface area contributed by atoms with E-state index in [4.69, 9.17) is 56.8 Å². The summed E-state index contributed by atoms with van der Waals surface area (Å²) < 4.78 is 68.9. The van der Waals surface area contributed by atoms with E-state index in [1.807, 2.05) is 66.9 Å². The molecule has 0 aliphatic carbocycles. The van der Waals surface area contributed by atoms with Crippen LogP contribution in [0.25, 0.3) is 0 Å². The zero-order chi connectivity index (χ0) is 31.0.